The average Bonchev–Trinajstić information content (AvgIpc) is 2.22. The Bertz CT molecular complexity index is 162. The van der Waals surface area contributed by atoms with Crippen molar-refractivity contribution in [2.24, 2.45) is 0 Å². The van der Waals surface area contributed by atoms with Crippen LogP contribution in [0.15, 0.2) is 0 Å². The van der Waals surface area contributed by atoms with Crippen LogP contribution in [0, 0.1) is 10.2 Å². The summed E-state index contributed by atoms with van der Waals surface area (Å²) in [6, 6.07) is 0. The van der Waals surface area contributed by atoms with Gasteiger partial charge in [-0.2, -0.15) is 0 Å². The van der Waals surface area contributed by atoms with E-state index < -0.39 is 0 Å². The molecule has 0 saturated carbocycles. The minimum absolute atomic E-state index is 0.223. The number of unbranched alkanes of at least 4 members (excludes halogenated alkanes) is 7. The monoisotopic (exact) mass is 275 g/mol. The fraction of sp³-hybridized carbons (Fsp3) is 0.923. The van der Waals surface area contributed by atoms with Crippen LogP contribution in [0.2, 0.25) is 4.82 Å². The molecule has 1 nitrogen and oxygen atoms in total. The molecule has 0 aliphatic heterocycles. The molecule has 0 bridgehead atoms. The van der Waals surface area contributed by atoms with Gasteiger partial charge in [-0.05, 0) is 0 Å². The van der Waals surface area contributed by atoms with Gasteiger partial charge >= 0.3 is 102 Å². The van der Waals surface area contributed by atoms with E-state index in [0.29, 0.717) is 4.82 Å². The molecule has 1 unspecified atom stereocenters. The third-order valence-electron chi connectivity index (χ3n) is 2.72. The molecule has 0 N–H and O–H groups in total. The summed E-state index contributed by atoms with van der Waals surface area (Å²) in [5, 5.41) is 8.54. The molecule has 88 valence electrons. The molecule has 0 radical (unpaired) electrons. The van der Waals surface area contributed by atoms with Crippen molar-refractivity contribution in [2.75, 3.05) is 0 Å². The second kappa shape index (κ2) is 12.1. The second-order valence-electron chi connectivity index (χ2n) is 4.28. The molecule has 0 amide bonds. The Hall–Kier alpha value is 0.00948. The maximum atomic E-state index is 8.54. The number of nitriles is 1. The number of nitrogens with zero attached hydrogens (tertiary/aromatic N) is 1. The van der Waals surface area contributed by atoms with Crippen LogP contribution in [0.25, 0.3) is 0 Å². The van der Waals surface area contributed by atoms with E-state index >= 15 is 0 Å². The van der Waals surface area contributed by atoms with Gasteiger partial charge < -0.3 is 0 Å². The van der Waals surface area contributed by atoms with Crippen molar-refractivity contribution in [2.45, 2.75) is 76.5 Å². The third-order valence-corrected chi connectivity index (χ3v) is 4.28. The minimum atomic E-state index is 0.223. The maximum absolute atomic E-state index is 8.54. The summed E-state index contributed by atoms with van der Waals surface area (Å²) in [6.45, 7) is 4.48. The van der Waals surface area contributed by atoms with Crippen LogP contribution in [0.3, 0.4) is 0 Å². The van der Waals surface area contributed by atoms with Crippen molar-refractivity contribution >= 4 is 15.0 Å². The predicted molar refractivity (Wildman–Crippen MR) is 68.0 cm³/mol. The topological polar surface area (TPSA) is 23.8 Å². The molecule has 0 fully saturated rings. The van der Waals surface area contributed by atoms with Crippen molar-refractivity contribution in [1.82, 2.24) is 0 Å². The van der Waals surface area contributed by atoms with Crippen molar-refractivity contribution in [3.05, 3.63) is 0 Å². The van der Waals surface area contributed by atoms with Gasteiger partial charge in [0, 0.05) is 0 Å². The Morgan fingerprint density at radius 3 is 2.07 bits per heavy atom. The number of hydrogen-bond acceptors (Lipinski definition) is 1. The van der Waals surface area contributed by atoms with E-state index in [1.165, 1.54) is 57.8 Å². The van der Waals surface area contributed by atoms with Crippen LogP contribution >= 0.6 is 0 Å². The van der Waals surface area contributed by atoms with E-state index in [4.69, 9.17) is 5.26 Å². The molecule has 2 heteroatoms. The van der Waals surface area contributed by atoms with E-state index in [1.807, 2.05) is 0 Å². The van der Waals surface area contributed by atoms with Crippen LogP contribution in [0.5, 0.6) is 0 Å². The Kier molecular flexibility index (Phi) is 12.1. The van der Waals surface area contributed by atoms with Gasteiger partial charge in [-0.15, -0.1) is 0 Å². The Morgan fingerprint density at radius 1 is 1.00 bits per heavy atom. The summed E-state index contributed by atoms with van der Waals surface area (Å²) < 4.78 is 0. The summed E-state index contributed by atoms with van der Waals surface area (Å²) in [4.78, 5) is 2.97. The Balaban J connectivity index is 3.02. The van der Waals surface area contributed by atoms with Crippen LogP contribution in [0.4, 0.5) is 0 Å². The fourth-order valence-electron chi connectivity index (χ4n) is 1.71. The molecule has 0 saturated heterocycles. The van der Waals surface area contributed by atoms with E-state index in [2.05, 4.69) is 18.8 Å². The van der Waals surface area contributed by atoms with Crippen molar-refractivity contribution in [3.63, 3.8) is 0 Å². The SMILES string of the molecule is CCCCCCCCCCC(C)[Se]C#N. The van der Waals surface area contributed by atoms with Crippen molar-refractivity contribution in [1.29, 1.82) is 5.26 Å². The van der Waals surface area contributed by atoms with E-state index in [-0.39, 0.29) is 15.0 Å². The van der Waals surface area contributed by atoms with Crippen LogP contribution < -0.4 is 0 Å². The van der Waals surface area contributed by atoms with Gasteiger partial charge in [0.25, 0.3) is 0 Å². The summed E-state index contributed by atoms with van der Waals surface area (Å²) in [5.41, 5.74) is 0. The van der Waals surface area contributed by atoms with Gasteiger partial charge in [0.15, 0.2) is 0 Å². The first-order valence-electron chi connectivity index (χ1n) is 6.36. The zero-order valence-electron chi connectivity index (χ0n) is 10.3. The van der Waals surface area contributed by atoms with E-state index in [9.17, 15) is 0 Å². The van der Waals surface area contributed by atoms with Gasteiger partial charge in [-0.25, -0.2) is 0 Å². The molecule has 0 aromatic carbocycles. The molecular formula is C13H25NSe. The zero-order chi connectivity index (χ0) is 11.4. The molecule has 0 aliphatic rings. The molecule has 0 aliphatic carbocycles. The van der Waals surface area contributed by atoms with Crippen LogP contribution in [-0.4, -0.2) is 15.0 Å². The summed E-state index contributed by atoms with van der Waals surface area (Å²) >= 11 is 0.223. The van der Waals surface area contributed by atoms with Gasteiger partial charge in [-0.3, -0.25) is 0 Å². The first kappa shape index (κ1) is 15.0. The number of hydrogen-bond donors (Lipinski definition) is 0. The van der Waals surface area contributed by atoms with Gasteiger partial charge in [0.05, 0.1) is 0 Å². The van der Waals surface area contributed by atoms with E-state index in [0.717, 1.165) is 0 Å². The average molecular weight is 274 g/mol. The zero-order valence-corrected chi connectivity index (χ0v) is 12.0. The quantitative estimate of drug-likeness (QED) is 0.424. The molecule has 0 rings (SSSR count). The Labute approximate surface area is 102 Å². The number of rotatable bonds is 10. The van der Waals surface area contributed by atoms with Gasteiger partial charge in [0.1, 0.15) is 0 Å². The molecule has 0 aromatic heterocycles. The predicted octanol–water partition coefficient (Wildman–Crippen LogP) is 4.51. The first-order chi connectivity index (χ1) is 7.31. The summed E-state index contributed by atoms with van der Waals surface area (Å²) in [5.74, 6) is 0. The normalized spacial score (nSPS) is 12.3. The fourth-order valence-corrected chi connectivity index (χ4v) is 2.69. The molecule has 15 heavy (non-hydrogen) atoms. The van der Waals surface area contributed by atoms with Crippen molar-refractivity contribution < 1.29 is 0 Å². The van der Waals surface area contributed by atoms with Crippen molar-refractivity contribution in [3.8, 4) is 4.97 Å². The summed E-state index contributed by atoms with van der Waals surface area (Å²) in [7, 11) is 0. The third kappa shape index (κ3) is 11.9. The molecular weight excluding hydrogens is 249 g/mol. The molecule has 0 aromatic rings. The van der Waals surface area contributed by atoms with Gasteiger partial charge in [0.2, 0.25) is 0 Å². The summed E-state index contributed by atoms with van der Waals surface area (Å²) in [6.07, 6.45) is 12.4. The van der Waals surface area contributed by atoms with Gasteiger partial charge in [-0.1, -0.05) is 0 Å². The Morgan fingerprint density at radius 2 is 1.53 bits per heavy atom. The van der Waals surface area contributed by atoms with Crippen LogP contribution in [0.1, 0.15) is 71.6 Å². The molecule has 0 spiro atoms. The molecule has 1 atom stereocenters. The molecule has 0 heterocycles. The standard InChI is InChI=1S/C13H25NSe/c1-3-4-5-6-7-8-9-10-11-13(2)15-12-14/h13H,3-11H2,1-2H3. The first-order valence-corrected chi connectivity index (χ1v) is 8.20. The second-order valence-corrected chi connectivity index (χ2v) is 6.85. The van der Waals surface area contributed by atoms with E-state index in [1.54, 1.807) is 0 Å². The van der Waals surface area contributed by atoms with Crippen LogP contribution in [-0.2, 0) is 0 Å².